The third-order valence-electron chi connectivity index (χ3n) is 2.88. The topological polar surface area (TPSA) is 27.0 Å². The van der Waals surface area contributed by atoms with Crippen LogP contribution in [0, 0.1) is 17.1 Å². The summed E-state index contributed by atoms with van der Waals surface area (Å²) in [6, 6.07) is 14.1. The molecule has 0 spiro atoms. The van der Waals surface area contributed by atoms with Crippen molar-refractivity contribution < 1.29 is 4.39 Å². The van der Waals surface area contributed by atoms with Crippen LogP contribution in [-0.4, -0.2) is 7.05 Å². The monoisotopic (exact) mass is 274 g/mol. The first-order chi connectivity index (χ1) is 9.11. The molecule has 0 N–H and O–H groups in total. The van der Waals surface area contributed by atoms with E-state index in [0.29, 0.717) is 12.1 Å². The summed E-state index contributed by atoms with van der Waals surface area (Å²) in [4.78, 5) is 1.95. The molecule has 0 heterocycles. The van der Waals surface area contributed by atoms with E-state index in [1.807, 2.05) is 24.1 Å². The predicted molar refractivity (Wildman–Crippen MR) is 74.7 cm³/mol. The second-order valence-electron chi connectivity index (χ2n) is 4.23. The van der Waals surface area contributed by atoms with Crippen LogP contribution in [0.4, 0.5) is 10.1 Å². The van der Waals surface area contributed by atoms with Crippen LogP contribution in [-0.2, 0) is 6.54 Å². The number of nitrogens with zero attached hydrogens (tertiary/aromatic N) is 2. The Labute approximate surface area is 116 Å². The molecular weight excluding hydrogens is 263 g/mol. The summed E-state index contributed by atoms with van der Waals surface area (Å²) in [6.45, 7) is 0.502. The van der Waals surface area contributed by atoms with Crippen LogP contribution in [0.5, 0.6) is 0 Å². The van der Waals surface area contributed by atoms with Gasteiger partial charge in [-0.05, 0) is 35.9 Å². The SMILES string of the molecule is CN(Cc1cccc(F)c1Cl)c1ccc(C#N)cc1. The third-order valence-corrected chi connectivity index (χ3v) is 3.30. The predicted octanol–water partition coefficient (Wildman–Crippen LogP) is 3.99. The van der Waals surface area contributed by atoms with Gasteiger partial charge < -0.3 is 4.90 Å². The Morgan fingerprint density at radius 1 is 1.21 bits per heavy atom. The van der Waals surface area contributed by atoms with Crippen molar-refractivity contribution >= 4 is 17.3 Å². The lowest BCUT2D eigenvalue weighted by atomic mass is 10.1. The van der Waals surface area contributed by atoms with Crippen LogP contribution >= 0.6 is 11.6 Å². The van der Waals surface area contributed by atoms with Crippen molar-refractivity contribution in [3.8, 4) is 6.07 Å². The minimum Gasteiger partial charge on any atom is -0.370 e. The molecule has 96 valence electrons. The van der Waals surface area contributed by atoms with Gasteiger partial charge in [0, 0.05) is 19.3 Å². The van der Waals surface area contributed by atoms with Crippen LogP contribution in [0.1, 0.15) is 11.1 Å². The van der Waals surface area contributed by atoms with E-state index in [9.17, 15) is 4.39 Å². The standard InChI is InChI=1S/C15H12ClFN2/c1-19(13-7-5-11(9-18)6-8-13)10-12-3-2-4-14(17)15(12)16/h2-8H,10H2,1H3. The minimum absolute atomic E-state index is 0.156. The molecular formula is C15H12ClFN2. The molecule has 0 bridgehead atoms. The zero-order chi connectivity index (χ0) is 13.8. The highest BCUT2D eigenvalue weighted by Gasteiger charge is 2.08. The Morgan fingerprint density at radius 2 is 1.89 bits per heavy atom. The maximum Gasteiger partial charge on any atom is 0.142 e. The van der Waals surface area contributed by atoms with E-state index in [4.69, 9.17) is 16.9 Å². The first kappa shape index (κ1) is 13.4. The number of hydrogen-bond acceptors (Lipinski definition) is 2. The Balaban J connectivity index is 2.18. The van der Waals surface area contributed by atoms with Crippen molar-refractivity contribution in [1.82, 2.24) is 0 Å². The Bertz CT molecular complexity index is 617. The molecule has 0 atom stereocenters. The van der Waals surface area contributed by atoms with Gasteiger partial charge in [0.05, 0.1) is 16.7 Å². The normalized spacial score (nSPS) is 10.0. The molecule has 19 heavy (non-hydrogen) atoms. The lowest BCUT2D eigenvalue weighted by molar-refractivity contribution is 0.625. The molecule has 0 saturated heterocycles. The highest BCUT2D eigenvalue weighted by Crippen LogP contribution is 2.23. The van der Waals surface area contributed by atoms with E-state index in [0.717, 1.165) is 11.3 Å². The molecule has 0 saturated carbocycles. The van der Waals surface area contributed by atoms with Gasteiger partial charge in [-0.3, -0.25) is 0 Å². The second kappa shape index (κ2) is 5.73. The maximum absolute atomic E-state index is 13.3. The minimum atomic E-state index is -0.410. The van der Waals surface area contributed by atoms with Crippen molar-refractivity contribution in [2.45, 2.75) is 6.54 Å². The van der Waals surface area contributed by atoms with E-state index in [1.165, 1.54) is 6.07 Å². The number of anilines is 1. The van der Waals surface area contributed by atoms with E-state index in [-0.39, 0.29) is 5.02 Å². The molecule has 0 aliphatic carbocycles. The number of nitriles is 1. The smallest absolute Gasteiger partial charge is 0.142 e. The lowest BCUT2D eigenvalue weighted by Crippen LogP contribution is -2.16. The van der Waals surface area contributed by atoms with Crippen LogP contribution in [0.2, 0.25) is 5.02 Å². The molecule has 2 aromatic rings. The van der Waals surface area contributed by atoms with Crippen LogP contribution < -0.4 is 4.90 Å². The number of halogens is 2. The molecule has 0 unspecified atom stereocenters. The molecule has 0 radical (unpaired) electrons. The fraction of sp³-hybridized carbons (Fsp3) is 0.133. The van der Waals surface area contributed by atoms with Crippen LogP contribution in [0.3, 0.4) is 0 Å². The quantitative estimate of drug-likeness (QED) is 0.846. The molecule has 2 aromatic carbocycles. The number of benzene rings is 2. The summed E-state index contributed by atoms with van der Waals surface area (Å²) in [6.07, 6.45) is 0. The summed E-state index contributed by atoms with van der Waals surface area (Å²) in [5.74, 6) is -0.410. The molecule has 0 amide bonds. The molecule has 2 nitrogen and oxygen atoms in total. The van der Waals surface area contributed by atoms with Gasteiger partial charge in [-0.15, -0.1) is 0 Å². The van der Waals surface area contributed by atoms with Gasteiger partial charge in [0.2, 0.25) is 0 Å². The molecule has 2 rings (SSSR count). The largest absolute Gasteiger partial charge is 0.370 e. The van der Waals surface area contributed by atoms with E-state index in [2.05, 4.69) is 6.07 Å². The first-order valence-electron chi connectivity index (χ1n) is 5.76. The van der Waals surface area contributed by atoms with Gasteiger partial charge in [-0.2, -0.15) is 5.26 Å². The van der Waals surface area contributed by atoms with Gasteiger partial charge in [-0.1, -0.05) is 23.7 Å². The van der Waals surface area contributed by atoms with E-state index < -0.39 is 5.82 Å². The number of rotatable bonds is 3. The van der Waals surface area contributed by atoms with Crippen LogP contribution in [0.15, 0.2) is 42.5 Å². The lowest BCUT2D eigenvalue weighted by Gasteiger charge is -2.20. The summed E-state index contributed by atoms with van der Waals surface area (Å²) in [7, 11) is 1.89. The zero-order valence-corrected chi connectivity index (χ0v) is 11.2. The molecule has 0 aromatic heterocycles. The third kappa shape index (κ3) is 3.04. The molecule has 4 heteroatoms. The van der Waals surface area contributed by atoms with Crippen molar-refractivity contribution in [1.29, 1.82) is 5.26 Å². The Morgan fingerprint density at radius 3 is 2.53 bits per heavy atom. The summed E-state index contributed by atoms with van der Waals surface area (Å²) in [5.41, 5.74) is 2.29. The van der Waals surface area contributed by atoms with Crippen molar-refractivity contribution in [2.75, 3.05) is 11.9 Å². The molecule has 0 aliphatic heterocycles. The maximum atomic E-state index is 13.3. The second-order valence-corrected chi connectivity index (χ2v) is 4.61. The summed E-state index contributed by atoms with van der Waals surface area (Å²) >= 11 is 5.93. The van der Waals surface area contributed by atoms with Crippen molar-refractivity contribution in [3.05, 3.63) is 64.4 Å². The average molecular weight is 275 g/mol. The molecule has 0 aliphatic rings. The van der Waals surface area contributed by atoms with E-state index >= 15 is 0 Å². The van der Waals surface area contributed by atoms with Crippen LogP contribution in [0.25, 0.3) is 0 Å². The Kier molecular flexibility index (Phi) is 4.03. The van der Waals surface area contributed by atoms with Gasteiger partial charge in [0.1, 0.15) is 5.82 Å². The van der Waals surface area contributed by atoms with Gasteiger partial charge in [0.15, 0.2) is 0 Å². The first-order valence-corrected chi connectivity index (χ1v) is 6.14. The zero-order valence-electron chi connectivity index (χ0n) is 10.4. The van der Waals surface area contributed by atoms with Gasteiger partial charge in [0.25, 0.3) is 0 Å². The number of hydrogen-bond donors (Lipinski definition) is 0. The fourth-order valence-electron chi connectivity index (χ4n) is 1.81. The van der Waals surface area contributed by atoms with Gasteiger partial charge >= 0.3 is 0 Å². The highest BCUT2D eigenvalue weighted by atomic mass is 35.5. The van der Waals surface area contributed by atoms with Gasteiger partial charge in [-0.25, -0.2) is 4.39 Å². The molecule has 0 fully saturated rings. The fourth-order valence-corrected chi connectivity index (χ4v) is 1.99. The Hall–Kier alpha value is -2.05. The van der Waals surface area contributed by atoms with Crippen molar-refractivity contribution in [2.24, 2.45) is 0 Å². The summed E-state index contributed by atoms with van der Waals surface area (Å²) < 4.78 is 13.3. The van der Waals surface area contributed by atoms with Crippen molar-refractivity contribution in [3.63, 3.8) is 0 Å². The summed E-state index contributed by atoms with van der Waals surface area (Å²) in [5, 5.41) is 8.90. The van der Waals surface area contributed by atoms with E-state index in [1.54, 1.807) is 24.3 Å². The average Bonchev–Trinajstić information content (AvgIpc) is 2.44. The highest BCUT2D eigenvalue weighted by molar-refractivity contribution is 6.31.